The van der Waals surface area contributed by atoms with Gasteiger partial charge in [-0.2, -0.15) is 0 Å². The predicted octanol–water partition coefficient (Wildman–Crippen LogP) is 3.40. The van der Waals surface area contributed by atoms with Crippen LogP contribution in [0.1, 0.15) is 31.1 Å². The molecule has 0 fully saturated rings. The molecule has 0 aromatic heterocycles. The van der Waals surface area contributed by atoms with E-state index in [0.717, 1.165) is 5.75 Å². The van der Waals surface area contributed by atoms with Gasteiger partial charge in [0.05, 0.1) is 11.7 Å². The summed E-state index contributed by atoms with van der Waals surface area (Å²) < 4.78 is 19.2. The third kappa shape index (κ3) is 5.31. The molecule has 0 saturated heterocycles. The van der Waals surface area contributed by atoms with Crippen molar-refractivity contribution in [3.8, 4) is 5.75 Å². The minimum atomic E-state index is -0.575. The van der Waals surface area contributed by atoms with Gasteiger partial charge in [0.2, 0.25) is 5.91 Å². The lowest BCUT2D eigenvalue weighted by Gasteiger charge is -2.22. The summed E-state index contributed by atoms with van der Waals surface area (Å²) in [6, 6.07) is 12.9. The molecule has 0 radical (unpaired) electrons. The molecule has 2 aromatic carbocycles. The van der Waals surface area contributed by atoms with Crippen molar-refractivity contribution < 1.29 is 18.7 Å². The standard InChI is InChI=1S/C20H23FN2O3/c1-14(2)26-17-10-8-16(9-11-17)23(15(3)24)13-12-22-20(25)18-6-4-5-7-19(18)21/h4-11,14H,12-13H2,1-3H3,(H,22,25). The molecule has 2 aromatic rings. The van der Waals surface area contributed by atoms with E-state index in [1.165, 1.54) is 25.1 Å². The molecule has 138 valence electrons. The molecule has 26 heavy (non-hydrogen) atoms. The van der Waals surface area contributed by atoms with Crippen LogP contribution in [-0.4, -0.2) is 31.0 Å². The highest BCUT2D eigenvalue weighted by Gasteiger charge is 2.14. The molecular weight excluding hydrogens is 335 g/mol. The van der Waals surface area contributed by atoms with E-state index in [1.807, 2.05) is 13.8 Å². The topological polar surface area (TPSA) is 58.6 Å². The Morgan fingerprint density at radius 2 is 1.77 bits per heavy atom. The van der Waals surface area contributed by atoms with Crippen molar-refractivity contribution in [1.82, 2.24) is 5.32 Å². The summed E-state index contributed by atoms with van der Waals surface area (Å²) in [6.07, 6.45) is 0.0679. The van der Waals surface area contributed by atoms with Crippen LogP contribution in [0.2, 0.25) is 0 Å². The van der Waals surface area contributed by atoms with Crippen LogP contribution >= 0.6 is 0 Å². The first-order valence-corrected chi connectivity index (χ1v) is 8.46. The van der Waals surface area contributed by atoms with Crippen molar-refractivity contribution in [2.24, 2.45) is 0 Å². The number of benzene rings is 2. The lowest BCUT2D eigenvalue weighted by atomic mass is 10.2. The molecule has 2 rings (SSSR count). The Hall–Kier alpha value is -2.89. The normalized spacial score (nSPS) is 10.5. The summed E-state index contributed by atoms with van der Waals surface area (Å²) in [5.74, 6) is -0.510. The van der Waals surface area contributed by atoms with Crippen LogP contribution in [0.15, 0.2) is 48.5 Å². The molecule has 0 atom stereocenters. The van der Waals surface area contributed by atoms with E-state index in [2.05, 4.69) is 5.32 Å². The highest BCUT2D eigenvalue weighted by Crippen LogP contribution is 2.20. The molecule has 0 spiro atoms. The SMILES string of the molecule is CC(=O)N(CCNC(=O)c1ccccc1F)c1ccc(OC(C)C)cc1. The largest absolute Gasteiger partial charge is 0.491 e. The third-order valence-electron chi connectivity index (χ3n) is 3.64. The van der Waals surface area contributed by atoms with Gasteiger partial charge in [-0.1, -0.05) is 12.1 Å². The van der Waals surface area contributed by atoms with Crippen molar-refractivity contribution in [1.29, 1.82) is 0 Å². The van der Waals surface area contributed by atoms with Crippen LogP contribution in [0.25, 0.3) is 0 Å². The van der Waals surface area contributed by atoms with Crippen molar-refractivity contribution >= 4 is 17.5 Å². The summed E-state index contributed by atoms with van der Waals surface area (Å²) in [4.78, 5) is 25.5. The van der Waals surface area contributed by atoms with E-state index in [-0.39, 0.29) is 30.7 Å². The smallest absolute Gasteiger partial charge is 0.254 e. The maximum Gasteiger partial charge on any atom is 0.254 e. The highest BCUT2D eigenvalue weighted by molar-refractivity contribution is 5.95. The number of nitrogens with one attached hydrogen (secondary N) is 1. The van der Waals surface area contributed by atoms with Gasteiger partial charge in [-0.05, 0) is 50.2 Å². The fraction of sp³-hybridized carbons (Fsp3) is 0.300. The first-order valence-electron chi connectivity index (χ1n) is 8.46. The van der Waals surface area contributed by atoms with Crippen LogP contribution in [-0.2, 0) is 4.79 Å². The zero-order chi connectivity index (χ0) is 19.1. The van der Waals surface area contributed by atoms with Gasteiger partial charge in [0, 0.05) is 25.7 Å². The van der Waals surface area contributed by atoms with Crippen LogP contribution in [0.3, 0.4) is 0 Å². The Morgan fingerprint density at radius 1 is 1.12 bits per heavy atom. The van der Waals surface area contributed by atoms with Crippen molar-refractivity contribution in [2.75, 3.05) is 18.0 Å². The number of anilines is 1. The molecule has 0 aliphatic rings. The summed E-state index contributed by atoms with van der Waals surface area (Å²) in [5, 5.41) is 2.63. The molecule has 0 aliphatic heterocycles. The lowest BCUT2D eigenvalue weighted by molar-refractivity contribution is -0.116. The second-order valence-corrected chi connectivity index (χ2v) is 6.07. The molecule has 2 amide bonds. The first kappa shape index (κ1) is 19.4. The fourth-order valence-corrected chi connectivity index (χ4v) is 2.47. The van der Waals surface area contributed by atoms with Crippen LogP contribution in [0.4, 0.5) is 10.1 Å². The van der Waals surface area contributed by atoms with Gasteiger partial charge in [0.15, 0.2) is 0 Å². The van der Waals surface area contributed by atoms with E-state index in [0.29, 0.717) is 5.69 Å². The number of nitrogens with zero attached hydrogens (tertiary/aromatic N) is 1. The number of hydrogen-bond acceptors (Lipinski definition) is 3. The summed E-state index contributed by atoms with van der Waals surface area (Å²) in [5.41, 5.74) is 0.686. The number of carbonyl (C=O) groups excluding carboxylic acids is 2. The number of carbonyl (C=O) groups is 2. The average molecular weight is 358 g/mol. The van der Waals surface area contributed by atoms with Crippen molar-refractivity contribution in [2.45, 2.75) is 26.9 Å². The van der Waals surface area contributed by atoms with E-state index >= 15 is 0 Å². The molecule has 0 bridgehead atoms. The molecule has 0 aliphatic carbocycles. The van der Waals surface area contributed by atoms with Crippen LogP contribution in [0.5, 0.6) is 5.75 Å². The second kappa shape index (κ2) is 8.99. The van der Waals surface area contributed by atoms with Gasteiger partial charge < -0.3 is 15.0 Å². The third-order valence-corrected chi connectivity index (χ3v) is 3.64. The number of rotatable bonds is 7. The van der Waals surface area contributed by atoms with Gasteiger partial charge in [-0.3, -0.25) is 9.59 Å². The molecule has 0 heterocycles. The molecule has 6 heteroatoms. The molecular formula is C20H23FN2O3. The minimum Gasteiger partial charge on any atom is -0.491 e. The number of halogens is 1. The zero-order valence-electron chi connectivity index (χ0n) is 15.2. The van der Waals surface area contributed by atoms with Crippen LogP contribution in [0, 0.1) is 5.82 Å². The maximum atomic E-state index is 13.6. The minimum absolute atomic E-state index is 0.0166. The molecule has 1 N–H and O–H groups in total. The van der Waals surface area contributed by atoms with E-state index in [4.69, 9.17) is 4.74 Å². The van der Waals surface area contributed by atoms with Gasteiger partial charge in [0.1, 0.15) is 11.6 Å². The second-order valence-electron chi connectivity index (χ2n) is 6.07. The highest BCUT2D eigenvalue weighted by atomic mass is 19.1. The molecule has 5 nitrogen and oxygen atoms in total. The Labute approximate surface area is 152 Å². The van der Waals surface area contributed by atoms with Crippen molar-refractivity contribution in [3.63, 3.8) is 0 Å². The monoisotopic (exact) mass is 358 g/mol. The predicted molar refractivity (Wildman–Crippen MR) is 99.0 cm³/mol. The number of amides is 2. The van der Waals surface area contributed by atoms with Gasteiger partial charge in [-0.15, -0.1) is 0 Å². The number of ether oxygens (including phenoxy) is 1. The summed E-state index contributed by atoms with van der Waals surface area (Å²) in [7, 11) is 0. The Balaban J connectivity index is 1.97. The molecule has 0 unspecified atom stereocenters. The zero-order valence-corrected chi connectivity index (χ0v) is 15.2. The Kier molecular flexibility index (Phi) is 6.72. The Morgan fingerprint density at radius 3 is 2.35 bits per heavy atom. The number of hydrogen-bond donors (Lipinski definition) is 1. The van der Waals surface area contributed by atoms with Crippen molar-refractivity contribution in [3.05, 3.63) is 59.9 Å². The van der Waals surface area contributed by atoms with Gasteiger partial charge in [0.25, 0.3) is 5.91 Å². The van der Waals surface area contributed by atoms with E-state index < -0.39 is 11.7 Å². The lowest BCUT2D eigenvalue weighted by Crippen LogP contribution is -2.37. The average Bonchev–Trinajstić information content (AvgIpc) is 2.59. The van der Waals surface area contributed by atoms with E-state index in [9.17, 15) is 14.0 Å². The fourth-order valence-electron chi connectivity index (χ4n) is 2.47. The quantitative estimate of drug-likeness (QED) is 0.825. The van der Waals surface area contributed by atoms with Gasteiger partial charge in [-0.25, -0.2) is 4.39 Å². The summed E-state index contributed by atoms with van der Waals surface area (Å²) >= 11 is 0. The van der Waals surface area contributed by atoms with Gasteiger partial charge >= 0.3 is 0 Å². The molecule has 0 saturated carbocycles. The van der Waals surface area contributed by atoms with E-state index in [1.54, 1.807) is 35.2 Å². The first-order chi connectivity index (χ1) is 12.4. The Bertz CT molecular complexity index is 760. The maximum absolute atomic E-state index is 13.6. The summed E-state index contributed by atoms with van der Waals surface area (Å²) in [6.45, 7) is 5.82. The van der Waals surface area contributed by atoms with Crippen LogP contribution < -0.4 is 15.0 Å².